The Balaban J connectivity index is 2.56. The van der Waals surface area contributed by atoms with Gasteiger partial charge in [-0.3, -0.25) is 0 Å². The molecule has 0 aliphatic rings. The maximum Gasteiger partial charge on any atom is 0.0606 e. The highest BCUT2D eigenvalue weighted by molar-refractivity contribution is 5.47. The van der Waals surface area contributed by atoms with Crippen LogP contribution in [0.1, 0.15) is 31.7 Å². The third-order valence-corrected chi connectivity index (χ3v) is 3.11. The summed E-state index contributed by atoms with van der Waals surface area (Å²) in [7, 11) is 0. The minimum absolute atomic E-state index is 0.109. The Kier molecular flexibility index (Phi) is 7.46. The van der Waals surface area contributed by atoms with Gasteiger partial charge in [-0.15, -0.1) is 0 Å². The Bertz CT molecular complexity index is 305. The molecule has 1 aromatic carbocycles. The van der Waals surface area contributed by atoms with Gasteiger partial charge < -0.3 is 15.1 Å². The lowest BCUT2D eigenvalue weighted by Crippen LogP contribution is -2.29. The molecule has 0 unspecified atom stereocenters. The van der Waals surface area contributed by atoms with Gasteiger partial charge in [0, 0.05) is 18.8 Å². The standard InChI is InChI=1S/C15H25NO2/c1-2-3-4-5-14-6-8-15(9-7-14)16(10-12-17)11-13-18/h6-9,17-18H,2-5,10-13H2,1H3. The summed E-state index contributed by atoms with van der Waals surface area (Å²) in [5.41, 5.74) is 2.43. The van der Waals surface area contributed by atoms with Gasteiger partial charge in [0.25, 0.3) is 0 Å². The highest BCUT2D eigenvalue weighted by Gasteiger charge is 2.04. The zero-order valence-corrected chi connectivity index (χ0v) is 11.3. The van der Waals surface area contributed by atoms with Crippen LogP contribution < -0.4 is 4.90 Å². The Labute approximate surface area is 110 Å². The van der Waals surface area contributed by atoms with Crippen LogP contribution in [0.2, 0.25) is 0 Å². The minimum atomic E-state index is 0.109. The van der Waals surface area contributed by atoms with Crippen molar-refractivity contribution in [1.29, 1.82) is 0 Å². The van der Waals surface area contributed by atoms with Crippen molar-refractivity contribution in [3.05, 3.63) is 29.8 Å². The van der Waals surface area contributed by atoms with Crippen molar-refractivity contribution in [1.82, 2.24) is 0 Å². The monoisotopic (exact) mass is 251 g/mol. The first-order valence-electron chi connectivity index (χ1n) is 6.87. The van der Waals surface area contributed by atoms with Gasteiger partial charge >= 0.3 is 0 Å². The van der Waals surface area contributed by atoms with E-state index in [0.717, 1.165) is 12.1 Å². The van der Waals surface area contributed by atoms with Crippen LogP contribution >= 0.6 is 0 Å². The van der Waals surface area contributed by atoms with Crippen LogP contribution in [0.3, 0.4) is 0 Å². The van der Waals surface area contributed by atoms with E-state index in [9.17, 15) is 0 Å². The van der Waals surface area contributed by atoms with Gasteiger partial charge in [0.05, 0.1) is 13.2 Å². The van der Waals surface area contributed by atoms with E-state index in [1.807, 2.05) is 4.90 Å². The molecule has 0 aliphatic carbocycles. The van der Waals surface area contributed by atoms with E-state index >= 15 is 0 Å². The van der Waals surface area contributed by atoms with Gasteiger partial charge in [0.15, 0.2) is 0 Å². The van der Waals surface area contributed by atoms with Gasteiger partial charge in [0.2, 0.25) is 0 Å². The second-order valence-electron chi connectivity index (χ2n) is 4.56. The first-order valence-corrected chi connectivity index (χ1v) is 6.87. The van der Waals surface area contributed by atoms with Crippen molar-refractivity contribution < 1.29 is 10.2 Å². The van der Waals surface area contributed by atoms with Crippen LogP contribution in [0.15, 0.2) is 24.3 Å². The van der Waals surface area contributed by atoms with E-state index in [2.05, 4.69) is 31.2 Å². The largest absolute Gasteiger partial charge is 0.395 e. The summed E-state index contributed by atoms with van der Waals surface area (Å²) in [6, 6.07) is 8.44. The van der Waals surface area contributed by atoms with Crippen LogP contribution in [0.5, 0.6) is 0 Å². The van der Waals surface area contributed by atoms with Crippen molar-refractivity contribution in [3.63, 3.8) is 0 Å². The summed E-state index contributed by atoms with van der Waals surface area (Å²) in [6.45, 7) is 3.56. The second kappa shape index (κ2) is 8.95. The highest BCUT2D eigenvalue weighted by atomic mass is 16.3. The molecule has 0 aliphatic heterocycles. The number of benzene rings is 1. The predicted octanol–water partition coefficient (Wildman–Crippen LogP) is 2.21. The number of aryl methyl sites for hydroxylation is 1. The van der Waals surface area contributed by atoms with E-state index < -0.39 is 0 Å². The molecule has 3 nitrogen and oxygen atoms in total. The van der Waals surface area contributed by atoms with Crippen LogP contribution in [0.4, 0.5) is 5.69 Å². The molecular formula is C15H25NO2. The maximum absolute atomic E-state index is 9.00. The van der Waals surface area contributed by atoms with Gasteiger partial charge in [-0.1, -0.05) is 31.9 Å². The van der Waals surface area contributed by atoms with Crippen LogP contribution in [-0.2, 0) is 6.42 Å². The lowest BCUT2D eigenvalue weighted by Gasteiger charge is -2.23. The van der Waals surface area contributed by atoms with Crippen LogP contribution in [0, 0.1) is 0 Å². The molecule has 1 rings (SSSR count). The molecule has 1 aromatic rings. The molecule has 102 valence electrons. The summed E-state index contributed by atoms with van der Waals surface area (Å²) < 4.78 is 0. The molecule has 2 N–H and O–H groups in total. The smallest absolute Gasteiger partial charge is 0.0606 e. The van der Waals surface area contributed by atoms with Gasteiger partial charge in [-0.05, 0) is 30.5 Å². The van der Waals surface area contributed by atoms with Crippen molar-refractivity contribution in [2.75, 3.05) is 31.2 Å². The second-order valence-corrected chi connectivity index (χ2v) is 4.56. The average molecular weight is 251 g/mol. The number of hydrogen-bond acceptors (Lipinski definition) is 3. The molecule has 0 saturated carbocycles. The number of aliphatic hydroxyl groups is 2. The molecule has 0 heterocycles. The molecule has 0 saturated heterocycles. The molecule has 0 amide bonds. The number of hydrogen-bond donors (Lipinski definition) is 2. The number of aliphatic hydroxyl groups excluding tert-OH is 2. The lowest BCUT2D eigenvalue weighted by atomic mass is 10.1. The van der Waals surface area contributed by atoms with E-state index in [-0.39, 0.29) is 13.2 Å². The average Bonchev–Trinajstić information content (AvgIpc) is 2.40. The topological polar surface area (TPSA) is 43.7 Å². The summed E-state index contributed by atoms with van der Waals surface area (Å²) >= 11 is 0. The van der Waals surface area contributed by atoms with Crippen molar-refractivity contribution in [2.24, 2.45) is 0 Å². The van der Waals surface area contributed by atoms with E-state index in [1.165, 1.54) is 24.8 Å². The molecule has 18 heavy (non-hydrogen) atoms. The van der Waals surface area contributed by atoms with Crippen LogP contribution in [0.25, 0.3) is 0 Å². The first kappa shape index (κ1) is 15.0. The van der Waals surface area contributed by atoms with Gasteiger partial charge in [-0.25, -0.2) is 0 Å². The quantitative estimate of drug-likeness (QED) is 0.661. The van der Waals surface area contributed by atoms with E-state index in [0.29, 0.717) is 13.1 Å². The molecule has 3 heteroatoms. The number of nitrogens with zero attached hydrogens (tertiary/aromatic N) is 1. The number of anilines is 1. The molecular weight excluding hydrogens is 226 g/mol. The zero-order valence-electron chi connectivity index (χ0n) is 11.3. The first-order chi connectivity index (χ1) is 8.81. The predicted molar refractivity (Wildman–Crippen MR) is 76.1 cm³/mol. The minimum Gasteiger partial charge on any atom is -0.395 e. The molecule has 0 atom stereocenters. The van der Waals surface area contributed by atoms with E-state index in [4.69, 9.17) is 10.2 Å². The van der Waals surface area contributed by atoms with Crippen molar-refractivity contribution in [3.8, 4) is 0 Å². The zero-order chi connectivity index (χ0) is 13.2. The molecule has 0 bridgehead atoms. The van der Waals surface area contributed by atoms with Gasteiger partial charge in [-0.2, -0.15) is 0 Å². The lowest BCUT2D eigenvalue weighted by molar-refractivity contribution is 0.281. The van der Waals surface area contributed by atoms with Crippen molar-refractivity contribution in [2.45, 2.75) is 32.6 Å². The fourth-order valence-electron chi connectivity index (χ4n) is 2.06. The summed E-state index contributed by atoms with van der Waals surface area (Å²) in [4.78, 5) is 2.00. The van der Waals surface area contributed by atoms with Crippen molar-refractivity contribution >= 4 is 5.69 Å². The fourth-order valence-corrected chi connectivity index (χ4v) is 2.06. The highest BCUT2D eigenvalue weighted by Crippen LogP contribution is 2.16. The molecule has 0 radical (unpaired) electrons. The summed E-state index contributed by atoms with van der Waals surface area (Å²) in [5, 5.41) is 18.0. The maximum atomic E-state index is 9.00. The van der Waals surface area contributed by atoms with Gasteiger partial charge in [0.1, 0.15) is 0 Å². The SMILES string of the molecule is CCCCCc1ccc(N(CCO)CCO)cc1. The number of rotatable bonds is 9. The molecule has 0 spiro atoms. The number of unbranched alkanes of at least 4 members (excludes halogenated alkanes) is 2. The third-order valence-electron chi connectivity index (χ3n) is 3.11. The third kappa shape index (κ3) is 5.07. The summed E-state index contributed by atoms with van der Waals surface area (Å²) in [6.07, 6.45) is 4.91. The Morgan fingerprint density at radius 1 is 0.944 bits per heavy atom. The fraction of sp³-hybridized carbons (Fsp3) is 0.600. The van der Waals surface area contributed by atoms with E-state index in [1.54, 1.807) is 0 Å². The molecule has 0 fully saturated rings. The Morgan fingerprint density at radius 2 is 1.56 bits per heavy atom. The molecule has 0 aromatic heterocycles. The summed E-state index contributed by atoms with van der Waals surface area (Å²) in [5.74, 6) is 0. The Hall–Kier alpha value is -1.06. The normalized spacial score (nSPS) is 10.6. The van der Waals surface area contributed by atoms with Crippen LogP contribution in [-0.4, -0.2) is 36.5 Å². The Morgan fingerprint density at radius 3 is 2.06 bits per heavy atom.